The molecule has 53 valence electrons. The van der Waals surface area contributed by atoms with E-state index in [1.807, 2.05) is 0 Å². The SMILES string of the molecule is N[C@@H](CC(=O)O)C(=O)O.[Na]. The Morgan fingerprint density at radius 2 is 1.80 bits per heavy atom. The fraction of sp³-hybridized carbons (Fsp3) is 0.500. The standard InChI is InChI=1S/C4H7NO4.Na/c5-2(4(8)9)1-3(6)7;/h2H,1,5H2,(H,6,7)(H,8,9);/t2-;/m0./s1. The number of carbonyl (C=O) groups is 2. The van der Waals surface area contributed by atoms with E-state index in [2.05, 4.69) is 0 Å². The molecular formula is C4H7NNaO4. The van der Waals surface area contributed by atoms with Crippen molar-refractivity contribution in [2.45, 2.75) is 12.5 Å². The minimum absolute atomic E-state index is 0. The third-order valence-electron chi connectivity index (χ3n) is 0.712. The molecule has 0 aliphatic carbocycles. The van der Waals surface area contributed by atoms with Gasteiger partial charge in [0.2, 0.25) is 0 Å². The van der Waals surface area contributed by atoms with Crippen LogP contribution >= 0.6 is 0 Å². The van der Waals surface area contributed by atoms with E-state index in [0.29, 0.717) is 0 Å². The van der Waals surface area contributed by atoms with Gasteiger partial charge < -0.3 is 15.9 Å². The van der Waals surface area contributed by atoms with Crippen LogP contribution in [0.2, 0.25) is 0 Å². The molecule has 0 aliphatic heterocycles. The zero-order valence-corrected chi connectivity index (χ0v) is 7.57. The van der Waals surface area contributed by atoms with Crippen molar-refractivity contribution < 1.29 is 19.8 Å². The van der Waals surface area contributed by atoms with Crippen molar-refractivity contribution >= 4 is 41.5 Å². The van der Waals surface area contributed by atoms with E-state index in [0.717, 1.165) is 0 Å². The predicted octanol–water partition coefficient (Wildman–Crippen LogP) is -1.51. The van der Waals surface area contributed by atoms with Gasteiger partial charge in [0.05, 0.1) is 6.42 Å². The molecule has 0 saturated heterocycles. The molecule has 0 aromatic carbocycles. The molecule has 0 unspecified atom stereocenters. The first kappa shape index (κ1) is 12.6. The number of carboxylic acids is 2. The van der Waals surface area contributed by atoms with Gasteiger partial charge in [-0.2, -0.15) is 0 Å². The van der Waals surface area contributed by atoms with Gasteiger partial charge in [0.25, 0.3) is 0 Å². The largest absolute Gasteiger partial charge is 0.481 e. The van der Waals surface area contributed by atoms with Crippen molar-refractivity contribution in [1.29, 1.82) is 0 Å². The first-order valence-corrected chi connectivity index (χ1v) is 2.24. The summed E-state index contributed by atoms with van der Waals surface area (Å²) in [7, 11) is 0. The van der Waals surface area contributed by atoms with Crippen LogP contribution in [0.3, 0.4) is 0 Å². The Bertz CT molecular complexity index is 137. The van der Waals surface area contributed by atoms with Crippen LogP contribution in [0.4, 0.5) is 0 Å². The van der Waals surface area contributed by atoms with Crippen LogP contribution in [0, 0.1) is 0 Å². The molecular weight excluding hydrogens is 149 g/mol. The second-order valence-corrected chi connectivity index (χ2v) is 1.54. The summed E-state index contributed by atoms with van der Waals surface area (Å²) in [6.07, 6.45) is -0.532. The minimum atomic E-state index is -1.29. The molecule has 0 spiro atoms. The molecule has 0 fully saturated rings. The summed E-state index contributed by atoms with van der Waals surface area (Å²) in [5.41, 5.74) is 4.84. The van der Waals surface area contributed by atoms with E-state index in [1.54, 1.807) is 0 Å². The number of rotatable bonds is 3. The zero-order chi connectivity index (χ0) is 7.44. The van der Waals surface area contributed by atoms with Crippen molar-refractivity contribution in [2.75, 3.05) is 0 Å². The third kappa shape index (κ3) is 6.03. The van der Waals surface area contributed by atoms with Gasteiger partial charge in [0.1, 0.15) is 6.04 Å². The molecule has 0 aliphatic rings. The summed E-state index contributed by atoms with van der Waals surface area (Å²) in [5, 5.41) is 16.0. The van der Waals surface area contributed by atoms with Gasteiger partial charge in [-0.1, -0.05) is 0 Å². The van der Waals surface area contributed by atoms with Crippen molar-refractivity contribution in [1.82, 2.24) is 0 Å². The van der Waals surface area contributed by atoms with E-state index in [-0.39, 0.29) is 29.6 Å². The molecule has 0 aromatic rings. The van der Waals surface area contributed by atoms with Crippen LogP contribution in [-0.4, -0.2) is 57.8 Å². The maximum Gasteiger partial charge on any atom is 0.321 e. The molecule has 0 amide bonds. The van der Waals surface area contributed by atoms with E-state index in [9.17, 15) is 9.59 Å². The molecule has 0 aromatic heterocycles. The fourth-order valence-electron chi connectivity index (χ4n) is 0.275. The van der Waals surface area contributed by atoms with Crippen LogP contribution in [0.15, 0.2) is 0 Å². The van der Waals surface area contributed by atoms with Gasteiger partial charge >= 0.3 is 11.9 Å². The van der Waals surface area contributed by atoms with Crippen molar-refractivity contribution in [3.05, 3.63) is 0 Å². The molecule has 0 rings (SSSR count). The molecule has 5 nitrogen and oxygen atoms in total. The Morgan fingerprint density at radius 1 is 1.40 bits per heavy atom. The van der Waals surface area contributed by atoms with E-state index >= 15 is 0 Å². The van der Waals surface area contributed by atoms with Crippen LogP contribution in [0.5, 0.6) is 0 Å². The van der Waals surface area contributed by atoms with Crippen molar-refractivity contribution in [2.24, 2.45) is 5.73 Å². The van der Waals surface area contributed by atoms with Gasteiger partial charge in [-0.25, -0.2) is 0 Å². The summed E-state index contributed by atoms with van der Waals surface area (Å²) >= 11 is 0. The predicted molar refractivity (Wildman–Crippen MR) is 33.6 cm³/mol. The van der Waals surface area contributed by atoms with Gasteiger partial charge in [0.15, 0.2) is 0 Å². The van der Waals surface area contributed by atoms with E-state index < -0.39 is 24.4 Å². The summed E-state index contributed by atoms with van der Waals surface area (Å²) in [4.78, 5) is 19.6. The molecule has 0 bridgehead atoms. The number of nitrogens with two attached hydrogens (primary N) is 1. The van der Waals surface area contributed by atoms with Gasteiger partial charge in [-0.3, -0.25) is 9.59 Å². The first-order valence-electron chi connectivity index (χ1n) is 2.24. The quantitative estimate of drug-likeness (QED) is 0.431. The van der Waals surface area contributed by atoms with Crippen LogP contribution < -0.4 is 5.73 Å². The second-order valence-electron chi connectivity index (χ2n) is 1.54. The Balaban J connectivity index is 0. The minimum Gasteiger partial charge on any atom is -0.481 e. The topological polar surface area (TPSA) is 101 Å². The van der Waals surface area contributed by atoms with Crippen LogP contribution in [0.1, 0.15) is 6.42 Å². The second kappa shape index (κ2) is 5.67. The monoisotopic (exact) mass is 156 g/mol. The number of carboxylic acid groups (broad SMARTS) is 2. The Kier molecular flexibility index (Phi) is 7.12. The van der Waals surface area contributed by atoms with Gasteiger partial charge in [-0.05, 0) is 0 Å². The Morgan fingerprint density at radius 3 is 1.90 bits per heavy atom. The number of aliphatic carboxylic acids is 2. The van der Waals surface area contributed by atoms with E-state index in [1.165, 1.54) is 0 Å². The van der Waals surface area contributed by atoms with Crippen LogP contribution in [0.25, 0.3) is 0 Å². The van der Waals surface area contributed by atoms with Gasteiger partial charge in [-0.15, -0.1) is 0 Å². The average Bonchev–Trinajstić information content (AvgIpc) is 1.63. The first-order chi connectivity index (χ1) is 4.04. The zero-order valence-electron chi connectivity index (χ0n) is 5.57. The molecule has 4 N–H and O–H groups in total. The summed E-state index contributed by atoms with van der Waals surface area (Å²) in [6, 6.07) is -1.29. The van der Waals surface area contributed by atoms with E-state index in [4.69, 9.17) is 15.9 Å². The normalized spacial score (nSPS) is 11.3. The van der Waals surface area contributed by atoms with Crippen LogP contribution in [-0.2, 0) is 9.59 Å². The van der Waals surface area contributed by atoms with Gasteiger partial charge in [0, 0.05) is 29.6 Å². The smallest absolute Gasteiger partial charge is 0.321 e. The molecule has 6 heteroatoms. The number of hydrogen-bond acceptors (Lipinski definition) is 3. The Hall–Kier alpha value is -0.100. The summed E-state index contributed by atoms with van der Waals surface area (Å²) in [5.74, 6) is -2.50. The summed E-state index contributed by atoms with van der Waals surface area (Å²) < 4.78 is 0. The maximum absolute atomic E-state index is 9.85. The average molecular weight is 156 g/mol. The van der Waals surface area contributed by atoms with Crippen molar-refractivity contribution in [3.63, 3.8) is 0 Å². The summed E-state index contributed by atoms with van der Waals surface area (Å²) in [6.45, 7) is 0. The Labute approximate surface area is 79.5 Å². The molecule has 0 heterocycles. The fourth-order valence-corrected chi connectivity index (χ4v) is 0.275. The molecule has 1 atom stereocenters. The molecule has 0 saturated carbocycles. The van der Waals surface area contributed by atoms with Crippen molar-refractivity contribution in [3.8, 4) is 0 Å². The number of hydrogen-bond donors (Lipinski definition) is 3. The third-order valence-corrected chi connectivity index (χ3v) is 0.712. The maximum atomic E-state index is 9.85. The molecule has 1 radical (unpaired) electrons. The molecule has 10 heavy (non-hydrogen) atoms.